The quantitative estimate of drug-likeness (QED) is 0.792. The van der Waals surface area contributed by atoms with Crippen LogP contribution in [0.4, 0.5) is 19.0 Å². The molecule has 1 aromatic carbocycles. The maximum atomic E-state index is 12.7. The van der Waals surface area contributed by atoms with Crippen molar-refractivity contribution in [3.05, 3.63) is 46.6 Å². The van der Waals surface area contributed by atoms with E-state index in [1.165, 1.54) is 13.2 Å². The van der Waals surface area contributed by atoms with Gasteiger partial charge in [0.2, 0.25) is 0 Å². The van der Waals surface area contributed by atoms with Crippen LogP contribution in [0, 0.1) is 0 Å². The topological polar surface area (TPSA) is 58.6 Å². The molecule has 2 aromatic rings. The van der Waals surface area contributed by atoms with Crippen LogP contribution in [0.5, 0.6) is 5.75 Å². The number of piperazine rings is 1. The fourth-order valence-electron chi connectivity index (χ4n) is 2.80. The number of aromatic nitrogens is 2. The summed E-state index contributed by atoms with van der Waals surface area (Å²) in [5, 5.41) is 7.31. The minimum absolute atomic E-state index is 0.215. The molecule has 3 rings (SSSR count). The summed E-state index contributed by atoms with van der Waals surface area (Å²) >= 11 is 5.97. The number of nitrogens with zero attached hydrogens (tertiary/aromatic N) is 4. The first-order valence-electron chi connectivity index (χ1n) is 8.08. The van der Waals surface area contributed by atoms with E-state index in [2.05, 4.69) is 10.2 Å². The molecular weight excluding hydrogens is 385 g/mol. The van der Waals surface area contributed by atoms with E-state index in [-0.39, 0.29) is 5.91 Å². The van der Waals surface area contributed by atoms with E-state index in [1.54, 1.807) is 28.0 Å². The van der Waals surface area contributed by atoms with Gasteiger partial charge in [-0.1, -0.05) is 11.6 Å². The zero-order chi connectivity index (χ0) is 19.6. The summed E-state index contributed by atoms with van der Waals surface area (Å²) in [4.78, 5) is 16.2. The highest BCUT2D eigenvalue weighted by Crippen LogP contribution is 2.28. The van der Waals surface area contributed by atoms with E-state index in [0.29, 0.717) is 48.3 Å². The van der Waals surface area contributed by atoms with E-state index < -0.39 is 11.9 Å². The third-order valence-electron chi connectivity index (χ3n) is 4.22. The second-order valence-corrected chi connectivity index (χ2v) is 6.33. The summed E-state index contributed by atoms with van der Waals surface area (Å²) in [7, 11) is 1.47. The van der Waals surface area contributed by atoms with Crippen molar-refractivity contribution >= 4 is 23.3 Å². The third kappa shape index (κ3) is 4.24. The summed E-state index contributed by atoms with van der Waals surface area (Å²) in [6.45, 7) is 1.62. The molecule has 2 heterocycles. The summed E-state index contributed by atoms with van der Waals surface area (Å²) < 4.78 is 42.9. The largest absolute Gasteiger partial charge is 0.496 e. The average Bonchev–Trinajstić information content (AvgIpc) is 2.67. The van der Waals surface area contributed by atoms with Crippen molar-refractivity contribution in [3.8, 4) is 5.75 Å². The third-order valence-corrected chi connectivity index (χ3v) is 4.46. The molecule has 0 unspecified atom stereocenters. The summed E-state index contributed by atoms with van der Waals surface area (Å²) in [5.41, 5.74) is -0.666. The van der Waals surface area contributed by atoms with Crippen LogP contribution in [0.15, 0.2) is 30.3 Å². The predicted octanol–water partition coefficient (Wildman–Crippen LogP) is 3.12. The fraction of sp³-hybridized carbons (Fsp3) is 0.353. The molecule has 1 saturated heterocycles. The highest BCUT2D eigenvalue weighted by Gasteiger charge is 2.33. The molecule has 0 spiro atoms. The van der Waals surface area contributed by atoms with Crippen LogP contribution in [-0.2, 0) is 6.18 Å². The minimum atomic E-state index is -4.52. The highest BCUT2D eigenvalue weighted by molar-refractivity contribution is 6.31. The molecule has 1 aliphatic rings. The monoisotopic (exact) mass is 400 g/mol. The van der Waals surface area contributed by atoms with E-state index in [4.69, 9.17) is 16.3 Å². The van der Waals surface area contributed by atoms with Crippen molar-refractivity contribution in [1.29, 1.82) is 0 Å². The molecule has 1 aliphatic heterocycles. The normalized spacial score (nSPS) is 15.0. The molecule has 6 nitrogen and oxygen atoms in total. The van der Waals surface area contributed by atoms with Crippen LogP contribution in [0.2, 0.25) is 5.02 Å². The lowest BCUT2D eigenvalue weighted by Gasteiger charge is -2.35. The van der Waals surface area contributed by atoms with Crippen LogP contribution >= 0.6 is 11.6 Å². The van der Waals surface area contributed by atoms with Crippen molar-refractivity contribution in [1.82, 2.24) is 15.1 Å². The molecule has 1 aromatic heterocycles. The average molecular weight is 401 g/mol. The number of ether oxygens (including phenoxy) is 1. The van der Waals surface area contributed by atoms with Gasteiger partial charge in [-0.05, 0) is 30.3 Å². The Balaban J connectivity index is 1.67. The number of hydrogen-bond donors (Lipinski definition) is 0. The number of alkyl halides is 3. The summed E-state index contributed by atoms with van der Waals surface area (Å²) in [6, 6.07) is 7.00. The van der Waals surface area contributed by atoms with Gasteiger partial charge in [-0.2, -0.15) is 13.2 Å². The maximum Gasteiger partial charge on any atom is 0.435 e. The van der Waals surface area contributed by atoms with Gasteiger partial charge in [0.05, 0.1) is 12.7 Å². The van der Waals surface area contributed by atoms with Crippen molar-refractivity contribution in [2.75, 3.05) is 38.2 Å². The fourth-order valence-corrected chi connectivity index (χ4v) is 2.97. The maximum absolute atomic E-state index is 12.7. The number of halogens is 4. The number of anilines is 1. The first-order valence-corrected chi connectivity index (χ1v) is 8.46. The molecule has 1 amide bonds. The molecule has 0 saturated carbocycles. The first-order chi connectivity index (χ1) is 12.8. The van der Waals surface area contributed by atoms with Crippen molar-refractivity contribution < 1.29 is 22.7 Å². The molecule has 0 radical (unpaired) electrons. The van der Waals surface area contributed by atoms with Crippen molar-refractivity contribution in [2.45, 2.75) is 6.18 Å². The van der Waals surface area contributed by atoms with Gasteiger partial charge in [-0.15, -0.1) is 10.2 Å². The zero-order valence-electron chi connectivity index (χ0n) is 14.3. The Kier molecular flexibility index (Phi) is 5.41. The highest BCUT2D eigenvalue weighted by atomic mass is 35.5. The van der Waals surface area contributed by atoms with Gasteiger partial charge in [0.25, 0.3) is 5.91 Å². The standard InChI is InChI=1S/C17H16ClF3N4O2/c1-27-13-3-2-11(18)10-12(13)16(26)25-8-6-24(7-9-25)15-5-4-14(22-23-15)17(19,20)21/h2-5,10H,6-9H2,1H3. The zero-order valence-corrected chi connectivity index (χ0v) is 15.1. The summed E-state index contributed by atoms with van der Waals surface area (Å²) in [5.74, 6) is 0.559. The van der Waals surface area contributed by atoms with Crippen LogP contribution in [0.3, 0.4) is 0 Å². The molecule has 1 fully saturated rings. The van der Waals surface area contributed by atoms with Crippen LogP contribution < -0.4 is 9.64 Å². The lowest BCUT2D eigenvalue weighted by Crippen LogP contribution is -2.49. The Bertz CT molecular complexity index is 822. The molecule has 0 bridgehead atoms. The molecule has 144 valence electrons. The Labute approximate surface area is 158 Å². The van der Waals surface area contributed by atoms with Gasteiger partial charge in [0, 0.05) is 31.2 Å². The molecule has 27 heavy (non-hydrogen) atoms. The van der Waals surface area contributed by atoms with Gasteiger partial charge < -0.3 is 14.5 Å². The second-order valence-electron chi connectivity index (χ2n) is 5.90. The number of carbonyl (C=O) groups is 1. The van der Waals surface area contributed by atoms with E-state index >= 15 is 0 Å². The molecule has 0 N–H and O–H groups in total. The Morgan fingerprint density at radius 2 is 1.81 bits per heavy atom. The lowest BCUT2D eigenvalue weighted by molar-refractivity contribution is -0.141. The number of methoxy groups -OCH3 is 1. The Morgan fingerprint density at radius 3 is 2.37 bits per heavy atom. The van der Waals surface area contributed by atoms with Gasteiger partial charge in [0.15, 0.2) is 11.5 Å². The molecule has 0 aliphatic carbocycles. The number of amides is 1. The van der Waals surface area contributed by atoms with Crippen molar-refractivity contribution in [2.24, 2.45) is 0 Å². The van der Waals surface area contributed by atoms with Crippen LogP contribution in [0.1, 0.15) is 16.1 Å². The predicted molar refractivity (Wildman–Crippen MR) is 93.2 cm³/mol. The van der Waals surface area contributed by atoms with Crippen molar-refractivity contribution in [3.63, 3.8) is 0 Å². The lowest BCUT2D eigenvalue weighted by atomic mass is 10.1. The van der Waals surface area contributed by atoms with Gasteiger partial charge in [-0.3, -0.25) is 4.79 Å². The molecular formula is C17H16ClF3N4O2. The van der Waals surface area contributed by atoms with Gasteiger partial charge in [0.1, 0.15) is 5.75 Å². The smallest absolute Gasteiger partial charge is 0.435 e. The van der Waals surface area contributed by atoms with Gasteiger partial charge >= 0.3 is 6.18 Å². The van der Waals surface area contributed by atoms with E-state index in [9.17, 15) is 18.0 Å². The number of rotatable bonds is 3. The number of carbonyl (C=O) groups excluding carboxylic acids is 1. The second kappa shape index (κ2) is 7.59. The van der Waals surface area contributed by atoms with Crippen LogP contribution in [-0.4, -0.2) is 54.3 Å². The molecule has 0 atom stereocenters. The Hall–Kier alpha value is -2.55. The molecule has 10 heteroatoms. The number of hydrogen-bond acceptors (Lipinski definition) is 5. The van der Waals surface area contributed by atoms with E-state index in [1.807, 2.05) is 0 Å². The minimum Gasteiger partial charge on any atom is -0.496 e. The van der Waals surface area contributed by atoms with Crippen LogP contribution in [0.25, 0.3) is 0 Å². The first kappa shape index (κ1) is 19.2. The Morgan fingerprint density at radius 1 is 1.11 bits per heavy atom. The van der Waals surface area contributed by atoms with E-state index in [0.717, 1.165) is 6.07 Å². The SMILES string of the molecule is COc1ccc(Cl)cc1C(=O)N1CCN(c2ccc(C(F)(F)F)nn2)CC1. The van der Waals surface area contributed by atoms with Gasteiger partial charge in [-0.25, -0.2) is 0 Å². The number of benzene rings is 1. The summed E-state index contributed by atoms with van der Waals surface area (Å²) in [6.07, 6.45) is -4.52.